The molecule has 4 N–H and O–H groups in total. The molecule has 1 aromatic rings. The third-order valence-corrected chi connectivity index (χ3v) is 2.61. The van der Waals surface area contributed by atoms with Gasteiger partial charge in [-0.2, -0.15) is 0 Å². The smallest absolute Gasteiger partial charge is 0.0429 e. The van der Waals surface area contributed by atoms with Crippen LogP contribution < -0.4 is 11.5 Å². The molecule has 64 valence electrons. The van der Waals surface area contributed by atoms with Crippen molar-refractivity contribution in [1.82, 2.24) is 0 Å². The summed E-state index contributed by atoms with van der Waals surface area (Å²) in [6.45, 7) is 0. The van der Waals surface area contributed by atoms with Crippen LogP contribution in [0, 0.1) is 0 Å². The molecule has 2 rings (SSSR count). The second kappa shape index (κ2) is 2.64. The molecule has 1 aliphatic carbocycles. The van der Waals surface area contributed by atoms with Gasteiger partial charge in [0.15, 0.2) is 0 Å². The Morgan fingerprint density at radius 2 is 2.17 bits per heavy atom. The van der Waals surface area contributed by atoms with E-state index < -0.39 is 0 Å². The minimum atomic E-state index is 0.126. The number of nitrogen functional groups attached to an aromatic ring is 1. The van der Waals surface area contributed by atoms with Crippen LogP contribution in [0.25, 0.3) is 0 Å². The lowest BCUT2D eigenvalue weighted by Crippen LogP contribution is -2.05. The predicted molar refractivity (Wildman–Crippen MR) is 51.1 cm³/mol. The topological polar surface area (TPSA) is 52.0 Å². The van der Waals surface area contributed by atoms with Crippen LogP contribution in [-0.2, 0) is 6.42 Å². The largest absolute Gasteiger partial charge is 0.398 e. The van der Waals surface area contributed by atoms with Gasteiger partial charge >= 0.3 is 0 Å². The van der Waals surface area contributed by atoms with E-state index in [4.69, 9.17) is 23.1 Å². The van der Waals surface area contributed by atoms with E-state index in [1.807, 2.05) is 6.07 Å². The summed E-state index contributed by atoms with van der Waals surface area (Å²) in [4.78, 5) is 0. The summed E-state index contributed by atoms with van der Waals surface area (Å²) in [7, 11) is 0. The van der Waals surface area contributed by atoms with Gasteiger partial charge in [-0.3, -0.25) is 0 Å². The Labute approximate surface area is 76.5 Å². The van der Waals surface area contributed by atoms with Crippen molar-refractivity contribution in [3.8, 4) is 0 Å². The third-order valence-electron chi connectivity index (χ3n) is 2.39. The summed E-state index contributed by atoms with van der Waals surface area (Å²) < 4.78 is 0. The number of nitrogens with two attached hydrogens (primary N) is 2. The van der Waals surface area contributed by atoms with Crippen LogP contribution in [-0.4, -0.2) is 0 Å². The lowest BCUT2D eigenvalue weighted by molar-refractivity contribution is 0.713. The SMILES string of the molecule is Nc1cc(Cl)cc2c1CC[C@@H]2N. The van der Waals surface area contributed by atoms with E-state index in [0.29, 0.717) is 5.02 Å². The molecule has 0 saturated heterocycles. The Morgan fingerprint density at radius 1 is 1.42 bits per heavy atom. The van der Waals surface area contributed by atoms with E-state index in [0.717, 1.165) is 24.1 Å². The molecular formula is C9H11ClN2. The van der Waals surface area contributed by atoms with Crippen molar-refractivity contribution in [2.45, 2.75) is 18.9 Å². The molecule has 1 aliphatic rings. The van der Waals surface area contributed by atoms with Gasteiger partial charge in [0, 0.05) is 16.8 Å². The van der Waals surface area contributed by atoms with E-state index >= 15 is 0 Å². The summed E-state index contributed by atoms with van der Waals surface area (Å²) in [5.41, 5.74) is 14.8. The van der Waals surface area contributed by atoms with E-state index in [1.165, 1.54) is 5.56 Å². The van der Waals surface area contributed by atoms with E-state index in [2.05, 4.69) is 0 Å². The highest BCUT2D eigenvalue weighted by Crippen LogP contribution is 2.35. The molecule has 0 saturated carbocycles. The zero-order valence-corrected chi connectivity index (χ0v) is 7.43. The molecule has 0 aliphatic heterocycles. The van der Waals surface area contributed by atoms with Gasteiger partial charge in [0.05, 0.1) is 0 Å². The standard InChI is InChI=1S/C9H11ClN2/c10-5-3-7-6(9(12)4-5)1-2-8(7)11/h3-4,8H,1-2,11-12H2/t8-/m0/s1. The van der Waals surface area contributed by atoms with Gasteiger partial charge in [0.2, 0.25) is 0 Å². The van der Waals surface area contributed by atoms with Gasteiger partial charge in [0.1, 0.15) is 0 Å². The normalized spacial score (nSPS) is 21.0. The van der Waals surface area contributed by atoms with Crippen molar-refractivity contribution in [3.05, 3.63) is 28.3 Å². The van der Waals surface area contributed by atoms with Crippen molar-refractivity contribution in [3.63, 3.8) is 0 Å². The first-order chi connectivity index (χ1) is 5.68. The monoisotopic (exact) mass is 182 g/mol. The van der Waals surface area contributed by atoms with Crippen molar-refractivity contribution < 1.29 is 0 Å². The van der Waals surface area contributed by atoms with E-state index in [1.54, 1.807) is 6.07 Å². The van der Waals surface area contributed by atoms with Crippen molar-refractivity contribution in [2.24, 2.45) is 5.73 Å². The Balaban J connectivity index is 2.60. The highest BCUT2D eigenvalue weighted by atomic mass is 35.5. The summed E-state index contributed by atoms with van der Waals surface area (Å²) in [6.07, 6.45) is 1.97. The summed E-state index contributed by atoms with van der Waals surface area (Å²) in [6, 6.07) is 3.84. The van der Waals surface area contributed by atoms with Crippen LogP contribution in [0.2, 0.25) is 5.02 Å². The Morgan fingerprint density at radius 3 is 2.92 bits per heavy atom. The van der Waals surface area contributed by atoms with Crippen molar-refractivity contribution >= 4 is 17.3 Å². The van der Waals surface area contributed by atoms with Crippen LogP contribution in [0.15, 0.2) is 12.1 Å². The second-order valence-electron chi connectivity index (χ2n) is 3.21. The molecule has 0 radical (unpaired) electrons. The van der Waals surface area contributed by atoms with Crippen molar-refractivity contribution in [1.29, 1.82) is 0 Å². The van der Waals surface area contributed by atoms with Crippen LogP contribution in [0.5, 0.6) is 0 Å². The van der Waals surface area contributed by atoms with Gasteiger partial charge < -0.3 is 11.5 Å². The van der Waals surface area contributed by atoms with E-state index in [9.17, 15) is 0 Å². The lowest BCUT2D eigenvalue weighted by atomic mass is 10.1. The highest BCUT2D eigenvalue weighted by Gasteiger charge is 2.21. The number of benzene rings is 1. The average Bonchev–Trinajstić information content (AvgIpc) is 2.33. The maximum atomic E-state index is 5.87. The molecule has 0 unspecified atom stereocenters. The van der Waals surface area contributed by atoms with Gasteiger partial charge in [-0.25, -0.2) is 0 Å². The van der Waals surface area contributed by atoms with Crippen LogP contribution >= 0.6 is 11.6 Å². The third kappa shape index (κ3) is 1.08. The fourth-order valence-corrected chi connectivity index (χ4v) is 1.99. The van der Waals surface area contributed by atoms with Gasteiger partial charge in [0.25, 0.3) is 0 Å². The molecule has 1 atom stereocenters. The molecule has 0 amide bonds. The van der Waals surface area contributed by atoms with Crippen LogP contribution in [0.4, 0.5) is 5.69 Å². The Hall–Kier alpha value is -0.730. The summed E-state index contributed by atoms with van der Waals surface area (Å²) in [5, 5.41) is 0.684. The summed E-state index contributed by atoms with van der Waals surface area (Å²) in [5.74, 6) is 0. The molecule has 0 aromatic heterocycles. The van der Waals surface area contributed by atoms with Crippen molar-refractivity contribution in [2.75, 3.05) is 5.73 Å². The van der Waals surface area contributed by atoms with Crippen LogP contribution in [0.3, 0.4) is 0 Å². The first-order valence-corrected chi connectivity index (χ1v) is 4.39. The molecule has 3 heteroatoms. The lowest BCUT2D eigenvalue weighted by Gasteiger charge is -2.06. The molecule has 0 fully saturated rings. The van der Waals surface area contributed by atoms with Gasteiger partial charge in [-0.15, -0.1) is 0 Å². The Bertz CT molecular complexity index is 323. The zero-order chi connectivity index (χ0) is 8.72. The molecular weight excluding hydrogens is 172 g/mol. The van der Waals surface area contributed by atoms with Gasteiger partial charge in [-0.1, -0.05) is 11.6 Å². The molecule has 12 heavy (non-hydrogen) atoms. The molecule has 0 spiro atoms. The second-order valence-corrected chi connectivity index (χ2v) is 3.64. The number of fused-ring (bicyclic) bond motifs is 1. The average molecular weight is 183 g/mol. The first-order valence-electron chi connectivity index (χ1n) is 4.02. The maximum absolute atomic E-state index is 5.87. The minimum absolute atomic E-state index is 0.126. The summed E-state index contributed by atoms with van der Waals surface area (Å²) >= 11 is 5.86. The number of anilines is 1. The van der Waals surface area contributed by atoms with Gasteiger partial charge in [-0.05, 0) is 36.1 Å². The number of halogens is 1. The molecule has 1 aromatic carbocycles. The molecule has 2 nitrogen and oxygen atoms in total. The zero-order valence-electron chi connectivity index (χ0n) is 6.68. The molecule has 0 bridgehead atoms. The number of rotatable bonds is 0. The maximum Gasteiger partial charge on any atom is 0.0429 e. The Kier molecular flexibility index (Phi) is 1.74. The number of hydrogen-bond acceptors (Lipinski definition) is 2. The minimum Gasteiger partial charge on any atom is -0.398 e. The predicted octanol–water partition coefficient (Wildman–Crippen LogP) is 1.87. The fraction of sp³-hybridized carbons (Fsp3) is 0.333. The quantitative estimate of drug-likeness (QED) is 0.602. The number of hydrogen-bond donors (Lipinski definition) is 2. The first kappa shape index (κ1) is 7.90. The fourth-order valence-electron chi connectivity index (χ4n) is 1.75. The highest BCUT2D eigenvalue weighted by molar-refractivity contribution is 6.31. The molecule has 0 heterocycles. The van der Waals surface area contributed by atoms with E-state index in [-0.39, 0.29) is 6.04 Å². The van der Waals surface area contributed by atoms with Crippen LogP contribution in [0.1, 0.15) is 23.6 Å².